The molecule has 0 atom stereocenters. The van der Waals surface area contributed by atoms with E-state index in [4.69, 9.17) is 10.00 Å². The van der Waals surface area contributed by atoms with Crippen LogP contribution in [0.3, 0.4) is 0 Å². The summed E-state index contributed by atoms with van der Waals surface area (Å²) in [6, 6.07) is 16.9. The minimum Gasteiger partial charge on any atom is -0.439 e. The van der Waals surface area contributed by atoms with Crippen LogP contribution in [0.25, 0.3) is 0 Å². The van der Waals surface area contributed by atoms with Gasteiger partial charge in [-0.15, -0.1) is 0 Å². The van der Waals surface area contributed by atoms with Crippen LogP contribution >= 0.6 is 0 Å². The van der Waals surface area contributed by atoms with Crippen molar-refractivity contribution in [2.75, 3.05) is 11.9 Å². The lowest BCUT2D eigenvalue weighted by molar-refractivity contribution is 0.459. The molecule has 0 fully saturated rings. The molecule has 0 N–H and O–H groups in total. The molecule has 0 aliphatic rings. The van der Waals surface area contributed by atoms with Gasteiger partial charge in [-0.3, -0.25) is 0 Å². The van der Waals surface area contributed by atoms with Crippen LogP contribution in [0.1, 0.15) is 11.1 Å². The lowest BCUT2D eigenvalue weighted by Crippen LogP contribution is -2.19. The number of rotatable bonds is 5. The highest BCUT2D eigenvalue weighted by Gasteiger charge is 2.08. The number of benzene rings is 2. The Balaban J connectivity index is 1.73. The van der Waals surface area contributed by atoms with Gasteiger partial charge in [0.15, 0.2) is 0 Å². The van der Waals surface area contributed by atoms with Crippen LogP contribution in [0.5, 0.6) is 11.6 Å². The lowest BCUT2D eigenvalue weighted by atomic mass is 10.1. The summed E-state index contributed by atoms with van der Waals surface area (Å²) >= 11 is 0. The SMILES string of the molecule is CN(Cc1cccc(C#N)c1)c1nccc(Oc2ccc(F)cc2)n1. The summed E-state index contributed by atoms with van der Waals surface area (Å²) in [5.74, 6) is 1.03. The molecule has 0 aliphatic heterocycles. The minimum atomic E-state index is -0.324. The zero-order valence-corrected chi connectivity index (χ0v) is 13.6. The molecule has 0 unspecified atom stereocenters. The van der Waals surface area contributed by atoms with Crippen molar-refractivity contribution in [2.24, 2.45) is 0 Å². The Morgan fingerprint density at radius 3 is 2.72 bits per heavy atom. The van der Waals surface area contributed by atoms with Crippen molar-refractivity contribution in [3.63, 3.8) is 0 Å². The molecule has 0 saturated heterocycles. The van der Waals surface area contributed by atoms with Gasteiger partial charge in [-0.25, -0.2) is 9.37 Å². The molecule has 124 valence electrons. The van der Waals surface area contributed by atoms with Gasteiger partial charge in [-0.1, -0.05) is 12.1 Å². The van der Waals surface area contributed by atoms with Crippen LogP contribution in [0.2, 0.25) is 0 Å². The van der Waals surface area contributed by atoms with Gasteiger partial charge in [-0.2, -0.15) is 10.2 Å². The highest BCUT2D eigenvalue weighted by Crippen LogP contribution is 2.21. The van der Waals surface area contributed by atoms with Crippen molar-refractivity contribution in [1.29, 1.82) is 5.26 Å². The van der Waals surface area contributed by atoms with E-state index in [1.807, 2.05) is 30.1 Å². The van der Waals surface area contributed by atoms with Crippen molar-refractivity contribution >= 4 is 5.95 Å². The fraction of sp³-hybridized carbons (Fsp3) is 0.105. The molecule has 0 spiro atoms. The van der Waals surface area contributed by atoms with Gasteiger partial charge in [0, 0.05) is 25.9 Å². The standard InChI is InChI=1S/C19H15FN4O/c1-24(13-15-4-2-3-14(11-15)12-21)19-22-10-9-18(23-19)25-17-7-5-16(20)6-8-17/h2-11H,13H2,1H3. The average molecular weight is 334 g/mol. The van der Waals surface area contributed by atoms with Crippen molar-refractivity contribution < 1.29 is 9.13 Å². The van der Waals surface area contributed by atoms with E-state index in [9.17, 15) is 4.39 Å². The predicted molar refractivity (Wildman–Crippen MR) is 91.8 cm³/mol. The van der Waals surface area contributed by atoms with Crippen LogP contribution in [-0.4, -0.2) is 17.0 Å². The zero-order valence-electron chi connectivity index (χ0n) is 13.6. The molecule has 25 heavy (non-hydrogen) atoms. The lowest BCUT2D eigenvalue weighted by Gasteiger charge is -2.17. The topological polar surface area (TPSA) is 62.0 Å². The Labute approximate surface area is 145 Å². The monoisotopic (exact) mass is 334 g/mol. The van der Waals surface area contributed by atoms with Gasteiger partial charge in [0.05, 0.1) is 11.6 Å². The van der Waals surface area contributed by atoms with Crippen LogP contribution in [-0.2, 0) is 6.54 Å². The molecular formula is C19H15FN4O. The van der Waals surface area contributed by atoms with E-state index < -0.39 is 0 Å². The average Bonchev–Trinajstić information content (AvgIpc) is 2.64. The van der Waals surface area contributed by atoms with Gasteiger partial charge in [0.1, 0.15) is 11.6 Å². The summed E-state index contributed by atoms with van der Waals surface area (Å²) in [6.45, 7) is 0.551. The molecule has 3 aromatic rings. The molecule has 0 saturated carbocycles. The second-order valence-corrected chi connectivity index (χ2v) is 5.42. The highest BCUT2D eigenvalue weighted by atomic mass is 19.1. The summed E-state index contributed by atoms with van der Waals surface area (Å²) in [6.07, 6.45) is 1.60. The van der Waals surface area contributed by atoms with Crippen molar-refractivity contribution in [3.8, 4) is 17.7 Å². The van der Waals surface area contributed by atoms with Crippen molar-refractivity contribution in [1.82, 2.24) is 9.97 Å². The number of hydrogen-bond donors (Lipinski definition) is 0. The second kappa shape index (κ2) is 7.41. The van der Waals surface area contributed by atoms with Crippen LogP contribution in [0.15, 0.2) is 60.8 Å². The molecule has 0 amide bonds. The quantitative estimate of drug-likeness (QED) is 0.708. The summed E-state index contributed by atoms with van der Waals surface area (Å²) in [5.41, 5.74) is 1.59. The maximum atomic E-state index is 12.9. The van der Waals surface area contributed by atoms with Gasteiger partial charge < -0.3 is 9.64 Å². The highest BCUT2D eigenvalue weighted by molar-refractivity contribution is 5.37. The van der Waals surface area contributed by atoms with Crippen LogP contribution in [0.4, 0.5) is 10.3 Å². The summed E-state index contributed by atoms with van der Waals surface area (Å²) < 4.78 is 18.6. The van der Waals surface area contributed by atoms with Gasteiger partial charge in [0.25, 0.3) is 0 Å². The van der Waals surface area contributed by atoms with E-state index in [0.717, 1.165) is 5.56 Å². The molecule has 0 aliphatic carbocycles. The molecule has 2 aromatic carbocycles. The molecular weight excluding hydrogens is 319 g/mol. The molecule has 1 aromatic heterocycles. The predicted octanol–water partition coefficient (Wildman–Crippen LogP) is 3.92. The Hall–Kier alpha value is -3.46. The largest absolute Gasteiger partial charge is 0.439 e. The summed E-state index contributed by atoms with van der Waals surface area (Å²) in [7, 11) is 1.86. The van der Waals surface area contributed by atoms with Crippen molar-refractivity contribution in [3.05, 3.63) is 77.7 Å². The number of nitriles is 1. The smallest absolute Gasteiger partial charge is 0.228 e. The van der Waals surface area contributed by atoms with E-state index in [1.165, 1.54) is 24.3 Å². The fourth-order valence-electron chi connectivity index (χ4n) is 2.28. The first-order valence-corrected chi connectivity index (χ1v) is 7.61. The second-order valence-electron chi connectivity index (χ2n) is 5.42. The van der Waals surface area contributed by atoms with E-state index >= 15 is 0 Å². The molecule has 3 rings (SSSR count). The first kappa shape index (κ1) is 16.4. The van der Waals surface area contributed by atoms with E-state index in [1.54, 1.807) is 18.3 Å². The Kier molecular flexibility index (Phi) is 4.86. The normalized spacial score (nSPS) is 10.1. The number of ether oxygens (including phenoxy) is 1. The fourth-order valence-corrected chi connectivity index (χ4v) is 2.28. The molecule has 5 nitrogen and oxygen atoms in total. The van der Waals surface area contributed by atoms with E-state index in [2.05, 4.69) is 16.0 Å². The maximum absolute atomic E-state index is 12.9. The van der Waals surface area contributed by atoms with Gasteiger partial charge in [-0.05, 0) is 42.0 Å². The van der Waals surface area contributed by atoms with E-state index in [0.29, 0.717) is 29.7 Å². The minimum absolute atomic E-state index is 0.324. The van der Waals surface area contributed by atoms with Gasteiger partial charge in [0.2, 0.25) is 11.8 Å². The first-order chi connectivity index (χ1) is 12.1. The Morgan fingerprint density at radius 1 is 1.16 bits per heavy atom. The zero-order chi connectivity index (χ0) is 17.6. The number of aromatic nitrogens is 2. The number of halogens is 1. The number of anilines is 1. The summed E-state index contributed by atoms with van der Waals surface area (Å²) in [4.78, 5) is 10.5. The molecule has 0 bridgehead atoms. The van der Waals surface area contributed by atoms with Crippen molar-refractivity contribution in [2.45, 2.75) is 6.54 Å². The number of nitrogens with zero attached hydrogens (tertiary/aromatic N) is 4. The van der Waals surface area contributed by atoms with Crippen LogP contribution < -0.4 is 9.64 Å². The third kappa shape index (κ3) is 4.30. The summed E-state index contributed by atoms with van der Waals surface area (Å²) in [5, 5.41) is 8.98. The third-order valence-corrected chi connectivity index (χ3v) is 3.47. The maximum Gasteiger partial charge on any atom is 0.228 e. The van der Waals surface area contributed by atoms with E-state index in [-0.39, 0.29) is 5.82 Å². The Morgan fingerprint density at radius 2 is 1.96 bits per heavy atom. The third-order valence-electron chi connectivity index (χ3n) is 3.47. The molecule has 0 radical (unpaired) electrons. The molecule has 6 heteroatoms. The Bertz CT molecular complexity index is 906. The first-order valence-electron chi connectivity index (χ1n) is 7.61. The molecule has 1 heterocycles. The van der Waals surface area contributed by atoms with Crippen LogP contribution in [0, 0.1) is 17.1 Å². The van der Waals surface area contributed by atoms with Gasteiger partial charge >= 0.3 is 0 Å². The number of hydrogen-bond acceptors (Lipinski definition) is 5.